The molecular weight excluding hydrogens is 363 g/mol. The first-order chi connectivity index (χ1) is 13.7. The number of halogens is 1. The van der Waals surface area contributed by atoms with E-state index in [-0.39, 0.29) is 24.1 Å². The number of benzene rings is 1. The van der Waals surface area contributed by atoms with Gasteiger partial charge in [0.1, 0.15) is 23.9 Å². The van der Waals surface area contributed by atoms with E-state index in [4.69, 9.17) is 9.15 Å². The molecule has 0 N–H and O–H groups in total. The highest BCUT2D eigenvalue weighted by Gasteiger charge is 2.25. The van der Waals surface area contributed by atoms with Crippen LogP contribution >= 0.6 is 0 Å². The molecule has 0 unspecified atom stereocenters. The van der Waals surface area contributed by atoms with Crippen LogP contribution in [-0.2, 0) is 6.61 Å². The molecule has 1 amide bonds. The number of ether oxygens (including phenoxy) is 1. The zero-order valence-corrected chi connectivity index (χ0v) is 15.1. The summed E-state index contributed by atoms with van der Waals surface area (Å²) in [6.07, 6.45) is 3.41. The molecule has 1 saturated heterocycles. The Bertz CT molecular complexity index is 922. The van der Waals surface area contributed by atoms with Gasteiger partial charge in [-0.25, -0.2) is 14.4 Å². The van der Waals surface area contributed by atoms with Crippen molar-refractivity contribution in [3.8, 4) is 5.75 Å². The number of rotatable bonds is 5. The van der Waals surface area contributed by atoms with Crippen molar-refractivity contribution in [3.05, 3.63) is 72.2 Å². The molecule has 4 rings (SSSR count). The standard InChI is InChI=1S/C20H19FN4O3/c21-15-2-4-16(5-3-15)27-14-17-6-7-18(28-17)19(26)24-10-12-25(13-11-24)20-22-8-1-9-23-20/h1-9H,10-14H2. The Hall–Kier alpha value is -3.42. The van der Waals surface area contributed by atoms with Gasteiger partial charge in [0, 0.05) is 38.6 Å². The maximum absolute atomic E-state index is 12.9. The molecule has 3 heterocycles. The van der Waals surface area contributed by atoms with E-state index in [1.54, 1.807) is 47.6 Å². The average Bonchev–Trinajstić information content (AvgIpc) is 3.23. The van der Waals surface area contributed by atoms with E-state index < -0.39 is 0 Å². The third kappa shape index (κ3) is 4.11. The van der Waals surface area contributed by atoms with E-state index in [0.29, 0.717) is 43.6 Å². The maximum Gasteiger partial charge on any atom is 0.289 e. The first-order valence-corrected chi connectivity index (χ1v) is 8.97. The number of furan rings is 1. The summed E-state index contributed by atoms with van der Waals surface area (Å²) in [5.74, 6) is 1.54. The molecule has 1 aliphatic rings. The molecule has 0 aliphatic carbocycles. The Morgan fingerprint density at radius 3 is 2.46 bits per heavy atom. The smallest absolute Gasteiger partial charge is 0.289 e. The molecule has 1 fully saturated rings. The summed E-state index contributed by atoms with van der Waals surface area (Å²) >= 11 is 0. The van der Waals surface area contributed by atoms with E-state index >= 15 is 0 Å². The van der Waals surface area contributed by atoms with Gasteiger partial charge in [-0.05, 0) is 42.5 Å². The lowest BCUT2D eigenvalue weighted by molar-refractivity contribution is 0.0710. The van der Waals surface area contributed by atoms with Gasteiger partial charge in [-0.1, -0.05) is 0 Å². The van der Waals surface area contributed by atoms with Gasteiger partial charge < -0.3 is 19.0 Å². The zero-order valence-electron chi connectivity index (χ0n) is 15.1. The summed E-state index contributed by atoms with van der Waals surface area (Å²) in [4.78, 5) is 25.0. The molecule has 0 saturated carbocycles. The van der Waals surface area contributed by atoms with Crippen molar-refractivity contribution in [1.82, 2.24) is 14.9 Å². The highest BCUT2D eigenvalue weighted by molar-refractivity contribution is 5.91. The fourth-order valence-corrected chi connectivity index (χ4v) is 2.98. The van der Waals surface area contributed by atoms with Gasteiger partial charge in [0.15, 0.2) is 5.76 Å². The predicted molar refractivity (Wildman–Crippen MR) is 99.6 cm³/mol. The van der Waals surface area contributed by atoms with Crippen LogP contribution < -0.4 is 9.64 Å². The quantitative estimate of drug-likeness (QED) is 0.676. The average molecular weight is 382 g/mol. The molecule has 0 bridgehead atoms. The lowest BCUT2D eigenvalue weighted by Gasteiger charge is -2.34. The van der Waals surface area contributed by atoms with Crippen LogP contribution in [0.1, 0.15) is 16.3 Å². The molecule has 28 heavy (non-hydrogen) atoms. The third-order valence-corrected chi connectivity index (χ3v) is 4.47. The largest absolute Gasteiger partial charge is 0.486 e. The number of carbonyl (C=O) groups excluding carboxylic acids is 1. The van der Waals surface area contributed by atoms with E-state index in [1.807, 2.05) is 4.90 Å². The highest BCUT2D eigenvalue weighted by Crippen LogP contribution is 2.17. The minimum atomic E-state index is -0.322. The molecule has 8 heteroatoms. The normalized spacial score (nSPS) is 14.2. The Kier molecular flexibility index (Phi) is 5.18. The Labute approximate surface area is 161 Å². The molecule has 1 aliphatic heterocycles. The van der Waals surface area contributed by atoms with Gasteiger partial charge in [-0.2, -0.15) is 0 Å². The monoisotopic (exact) mass is 382 g/mol. The van der Waals surface area contributed by atoms with Crippen molar-refractivity contribution in [2.45, 2.75) is 6.61 Å². The fraction of sp³-hybridized carbons (Fsp3) is 0.250. The summed E-state index contributed by atoms with van der Waals surface area (Å²) < 4.78 is 24.1. The molecule has 2 aromatic heterocycles. The van der Waals surface area contributed by atoms with Gasteiger partial charge in [0.05, 0.1) is 0 Å². The van der Waals surface area contributed by atoms with Crippen molar-refractivity contribution < 1.29 is 18.3 Å². The fourth-order valence-electron chi connectivity index (χ4n) is 2.98. The van der Waals surface area contributed by atoms with Gasteiger partial charge in [-0.3, -0.25) is 4.79 Å². The molecule has 0 atom stereocenters. The van der Waals surface area contributed by atoms with Crippen molar-refractivity contribution >= 4 is 11.9 Å². The predicted octanol–water partition coefficient (Wildman–Crippen LogP) is 2.75. The number of piperazine rings is 1. The Morgan fingerprint density at radius 1 is 1.04 bits per heavy atom. The number of amides is 1. The van der Waals surface area contributed by atoms with Gasteiger partial charge in [-0.15, -0.1) is 0 Å². The van der Waals surface area contributed by atoms with Gasteiger partial charge >= 0.3 is 0 Å². The molecular formula is C20H19FN4O3. The molecule has 0 radical (unpaired) electrons. The minimum Gasteiger partial charge on any atom is -0.486 e. The van der Waals surface area contributed by atoms with Crippen LogP contribution in [0.15, 0.2) is 59.3 Å². The first kappa shape index (κ1) is 18.0. The first-order valence-electron chi connectivity index (χ1n) is 8.97. The van der Waals surface area contributed by atoms with Crippen LogP contribution in [0.4, 0.5) is 10.3 Å². The molecule has 1 aromatic carbocycles. The second kappa shape index (κ2) is 8.08. The van der Waals surface area contributed by atoms with E-state index in [9.17, 15) is 9.18 Å². The summed E-state index contributed by atoms with van der Waals surface area (Å²) in [6.45, 7) is 2.63. The lowest BCUT2D eigenvalue weighted by Crippen LogP contribution is -2.49. The van der Waals surface area contributed by atoms with Gasteiger partial charge in [0.25, 0.3) is 5.91 Å². The van der Waals surface area contributed by atoms with Crippen LogP contribution in [-0.4, -0.2) is 47.0 Å². The number of aromatic nitrogens is 2. The molecule has 144 valence electrons. The van der Waals surface area contributed by atoms with Gasteiger partial charge in [0.2, 0.25) is 5.95 Å². The second-order valence-electron chi connectivity index (χ2n) is 6.34. The zero-order chi connectivity index (χ0) is 19.3. The Morgan fingerprint density at radius 2 is 1.75 bits per heavy atom. The van der Waals surface area contributed by atoms with Crippen LogP contribution in [0.5, 0.6) is 5.75 Å². The SMILES string of the molecule is O=C(c1ccc(COc2ccc(F)cc2)o1)N1CCN(c2ncccn2)CC1. The van der Waals surface area contributed by atoms with E-state index in [1.165, 1.54) is 12.1 Å². The molecule has 7 nitrogen and oxygen atoms in total. The number of nitrogens with zero attached hydrogens (tertiary/aromatic N) is 4. The van der Waals surface area contributed by atoms with Crippen molar-refractivity contribution in [1.29, 1.82) is 0 Å². The minimum absolute atomic E-state index is 0.151. The lowest BCUT2D eigenvalue weighted by atomic mass is 10.3. The van der Waals surface area contributed by atoms with Crippen LogP contribution in [0.3, 0.4) is 0 Å². The number of carbonyl (C=O) groups is 1. The van der Waals surface area contributed by atoms with Crippen molar-refractivity contribution in [2.24, 2.45) is 0 Å². The van der Waals surface area contributed by atoms with E-state index in [2.05, 4.69) is 9.97 Å². The summed E-state index contributed by atoms with van der Waals surface area (Å²) in [5.41, 5.74) is 0. The van der Waals surface area contributed by atoms with Crippen LogP contribution in [0, 0.1) is 5.82 Å². The number of hydrogen-bond acceptors (Lipinski definition) is 6. The topological polar surface area (TPSA) is 71.7 Å². The summed E-state index contributed by atoms with van der Waals surface area (Å²) in [5, 5.41) is 0. The second-order valence-corrected chi connectivity index (χ2v) is 6.34. The van der Waals surface area contributed by atoms with Crippen molar-refractivity contribution in [3.63, 3.8) is 0 Å². The third-order valence-electron chi connectivity index (χ3n) is 4.47. The molecule has 3 aromatic rings. The maximum atomic E-state index is 12.9. The van der Waals surface area contributed by atoms with Crippen LogP contribution in [0.2, 0.25) is 0 Å². The molecule has 0 spiro atoms. The number of anilines is 1. The number of hydrogen-bond donors (Lipinski definition) is 0. The highest BCUT2D eigenvalue weighted by atomic mass is 19.1. The summed E-state index contributed by atoms with van der Waals surface area (Å²) in [6, 6.07) is 10.9. The summed E-state index contributed by atoms with van der Waals surface area (Å²) in [7, 11) is 0. The Balaban J connectivity index is 1.31. The van der Waals surface area contributed by atoms with Crippen LogP contribution in [0.25, 0.3) is 0 Å². The van der Waals surface area contributed by atoms with E-state index in [0.717, 1.165) is 0 Å². The van der Waals surface area contributed by atoms with Crippen molar-refractivity contribution in [2.75, 3.05) is 31.1 Å².